The van der Waals surface area contributed by atoms with Crippen LogP contribution in [0.3, 0.4) is 0 Å². The molecule has 0 fully saturated rings. The van der Waals surface area contributed by atoms with Gasteiger partial charge in [0.1, 0.15) is 16.5 Å². The van der Waals surface area contributed by atoms with Crippen molar-refractivity contribution in [2.75, 3.05) is 11.3 Å². The predicted octanol–water partition coefficient (Wildman–Crippen LogP) is 6.07. The van der Waals surface area contributed by atoms with Crippen LogP contribution in [0.25, 0.3) is 11.5 Å². The first-order valence-corrected chi connectivity index (χ1v) is 13.5. The van der Waals surface area contributed by atoms with Gasteiger partial charge in [-0.25, -0.2) is 13.4 Å². The molecule has 0 aliphatic heterocycles. The fourth-order valence-electron chi connectivity index (χ4n) is 3.25. The lowest BCUT2D eigenvalue weighted by atomic mass is 10.1. The number of oxazole rings is 1. The van der Waals surface area contributed by atoms with E-state index in [1.807, 2.05) is 13.8 Å². The van der Waals surface area contributed by atoms with Gasteiger partial charge in [0.05, 0.1) is 22.8 Å². The van der Waals surface area contributed by atoms with E-state index in [2.05, 4.69) is 19.9 Å². The van der Waals surface area contributed by atoms with Crippen LogP contribution in [-0.2, 0) is 22.6 Å². The molecule has 0 amide bonds. The average molecular weight is 553 g/mol. The molecule has 196 valence electrons. The van der Waals surface area contributed by atoms with E-state index in [9.17, 15) is 21.6 Å². The van der Waals surface area contributed by atoms with Gasteiger partial charge in [-0.1, -0.05) is 25.2 Å². The van der Waals surface area contributed by atoms with E-state index in [-0.39, 0.29) is 28.4 Å². The Kier molecular flexibility index (Phi) is 7.55. The summed E-state index contributed by atoms with van der Waals surface area (Å²) in [6.07, 6.45) is -4.03. The molecule has 37 heavy (non-hydrogen) atoms. The number of sulfonamides is 1. The largest absolute Gasteiger partial charge is 0.493 e. The molecule has 0 saturated carbocycles. The first-order valence-electron chi connectivity index (χ1n) is 11.2. The summed E-state index contributed by atoms with van der Waals surface area (Å²) in [5.74, 6) is 1.35. The van der Waals surface area contributed by atoms with Gasteiger partial charge in [0.15, 0.2) is 0 Å². The van der Waals surface area contributed by atoms with Crippen molar-refractivity contribution < 1.29 is 30.7 Å². The van der Waals surface area contributed by atoms with Crippen LogP contribution in [-0.4, -0.2) is 30.2 Å². The second-order valence-corrected chi connectivity index (χ2v) is 11.1. The Bertz CT molecular complexity index is 1460. The molecule has 1 N–H and O–H groups in total. The van der Waals surface area contributed by atoms with Gasteiger partial charge in [-0.15, -0.1) is 10.2 Å². The number of aromatic nitrogens is 3. The molecule has 0 aliphatic carbocycles. The van der Waals surface area contributed by atoms with Gasteiger partial charge in [-0.3, -0.25) is 4.72 Å². The summed E-state index contributed by atoms with van der Waals surface area (Å²) in [7, 11) is -3.83. The lowest BCUT2D eigenvalue weighted by molar-refractivity contribution is -0.137. The SMILES string of the molecule is Cc1oc(-c2ccc(C(F)(F)F)cc2)nc1CCOc1ccc(S(=O)(=O)Nc2nnc(C(C)C)s2)cc1. The van der Waals surface area contributed by atoms with Crippen molar-refractivity contribution in [1.29, 1.82) is 0 Å². The topological polar surface area (TPSA) is 107 Å². The van der Waals surface area contributed by atoms with Crippen molar-refractivity contribution in [2.45, 2.75) is 44.2 Å². The average Bonchev–Trinajstić information content (AvgIpc) is 3.45. The van der Waals surface area contributed by atoms with Crippen LogP contribution in [0.1, 0.15) is 41.8 Å². The molecule has 0 unspecified atom stereocenters. The van der Waals surface area contributed by atoms with Crippen LogP contribution in [0.15, 0.2) is 57.8 Å². The monoisotopic (exact) mass is 552 g/mol. The zero-order chi connectivity index (χ0) is 26.8. The van der Waals surface area contributed by atoms with Crippen LogP contribution >= 0.6 is 11.3 Å². The van der Waals surface area contributed by atoms with Crippen LogP contribution in [0.5, 0.6) is 5.75 Å². The Labute approximate surface area is 215 Å². The molecule has 0 bridgehead atoms. The van der Waals surface area contributed by atoms with E-state index in [0.717, 1.165) is 17.1 Å². The number of anilines is 1. The van der Waals surface area contributed by atoms with E-state index in [1.54, 1.807) is 6.92 Å². The van der Waals surface area contributed by atoms with E-state index in [4.69, 9.17) is 9.15 Å². The maximum atomic E-state index is 12.8. The van der Waals surface area contributed by atoms with E-state index < -0.39 is 21.8 Å². The van der Waals surface area contributed by atoms with Gasteiger partial charge in [-0.2, -0.15) is 13.2 Å². The Morgan fingerprint density at radius 1 is 1.05 bits per heavy atom. The third-order valence-corrected chi connectivity index (χ3v) is 7.87. The summed E-state index contributed by atoms with van der Waals surface area (Å²) in [6, 6.07) is 10.5. The molecule has 2 aromatic heterocycles. The van der Waals surface area contributed by atoms with Crippen molar-refractivity contribution in [1.82, 2.24) is 15.2 Å². The highest BCUT2D eigenvalue weighted by atomic mass is 32.2. The van der Waals surface area contributed by atoms with Gasteiger partial charge in [0.2, 0.25) is 11.0 Å². The van der Waals surface area contributed by atoms with E-state index in [0.29, 0.717) is 29.2 Å². The first kappa shape index (κ1) is 26.6. The Morgan fingerprint density at radius 2 is 1.73 bits per heavy atom. The minimum atomic E-state index is -4.41. The number of nitrogens with one attached hydrogen (secondary N) is 1. The lowest BCUT2D eigenvalue weighted by Gasteiger charge is -2.08. The fourth-order valence-corrected chi connectivity index (χ4v) is 5.22. The van der Waals surface area contributed by atoms with Crippen LogP contribution in [0.2, 0.25) is 0 Å². The molecule has 13 heteroatoms. The van der Waals surface area contributed by atoms with Gasteiger partial charge in [-0.05, 0) is 55.5 Å². The van der Waals surface area contributed by atoms with Gasteiger partial charge in [0, 0.05) is 17.9 Å². The normalized spacial score (nSPS) is 12.2. The number of nitrogens with zero attached hydrogens (tertiary/aromatic N) is 3. The zero-order valence-corrected chi connectivity index (χ0v) is 21.7. The molecule has 0 spiro atoms. The Hall–Kier alpha value is -3.45. The summed E-state index contributed by atoms with van der Waals surface area (Å²) >= 11 is 1.18. The predicted molar refractivity (Wildman–Crippen MR) is 132 cm³/mol. The second kappa shape index (κ2) is 10.5. The standard InChI is InChI=1S/C24H23F3N4O4S2/c1-14(2)22-29-30-23(36-22)31-37(32,33)19-10-8-18(9-11-19)34-13-12-20-15(3)35-21(28-20)16-4-6-17(7-5-16)24(25,26)27/h4-11,14H,12-13H2,1-3H3,(H,30,31). The number of halogens is 3. The third kappa shape index (κ3) is 6.46. The number of rotatable bonds is 9. The molecule has 4 rings (SSSR count). The van der Waals surface area contributed by atoms with Gasteiger partial charge >= 0.3 is 6.18 Å². The number of aryl methyl sites for hydroxylation is 1. The van der Waals surface area contributed by atoms with E-state index in [1.165, 1.54) is 47.7 Å². The Balaban J connectivity index is 1.34. The zero-order valence-electron chi connectivity index (χ0n) is 20.0. The molecule has 8 nitrogen and oxygen atoms in total. The Morgan fingerprint density at radius 3 is 2.32 bits per heavy atom. The number of ether oxygens (including phenoxy) is 1. The highest BCUT2D eigenvalue weighted by Crippen LogP contribution is 2.31. The smallest absolute Gasteiger partial charge is 0.416 e. The van der Waals surface area contributed by atoms with Crippen molar-refractivity contribution in [3.8, 4) is 17.2 Å². The number of benzene rings is 2. The summed E-state index contributed by atoms with van der Waals surface area (Å²) < 4.78 is 77.3. The molecule has 0 saturated heterocycles. The number of hydrogen-bond donors (Lipinski definition) is 1. The fraction of sp³-hybridized carbons (Fsp3) is 0.292. The van der Waals surface area contributed by atoms with Crippen molar-refractivity contribution in [3.05, 3.63) is 70.6 Å². The second-order valence-electron chi connectivity index (χ2n) is 8.37. The molecule has 4 aromatic rings. The molecule has 2 aromatic carbocycles. The minimum Gasteiger partial charge on any atom is -0.493 e. The van der Waals surface area contributed by atoms with Crippen LogP contribution in [0, 0.1) is 6.92 Å². The quantitative estimate of drug-likeness (QED) is 0.269. The molecular weight excluding hydrogens is 529 g/mol. The number of alkyl halides is 3. The molecule has 0 radical (unpaired) electrons. The first-order chi connectivity index (χ1) is 17.4. The maximum Gasteiger partial charge on any atom is 0.416 e. The number of hydrogen-bond acceptors (Lipinski definition) is 8. The summed E-state index contributed by atoms with van der Waals surface area (Å²) in [5, 5.41) is 8.77. The van der Waals surface area contributed by atoms with Crippen LogP contribution < -0.4 is 9.46 Å². The van der Waals surface area contributed by atoms with Crippen molar-refractivity contribution >= 4 is 26.5 Å². The summed E-state index contributed by atoms with van der Waals surface area (Å²) in [4.78, 5) is 4.43. The molecule has 0 aliphatic rings. The maximum absolute atomic E-state index is 12.8. The highest BCUT2D eigenvalue weighted by Gasteiger charge is 2.30. The molecule has 0 atom stereocenters. The van der Waals surface area contributed by atoms with E-state index >= 15 is 0 Å². The lowest BCUT2D eigenvalue weighted by Crippen LogP contribution is -2.12. The third-order valence-electron chi connectivity index (χ3n) is 5.25. The minimum absolute atomic E-state index is 0.0506. The van der Waals surface area contributed by atoms with Crippen molar-refractivity contribution in [3.63, 3.8) is 0 Å². The molecular formula is C24H23F3N4O4S2. The van der Waals surface area contributed by atoms with Crippen molar-refractivity contribution in [2.24, 2.45) is 0 Å². The summed E-state index contributed by atoms with van der Waals surface area (Å²) in [5.41, 5.74) is 0.293. The van der Waals surface area contributed by atoms with Crippen LogP contribution in [0.4, 0.5) is 18.3 Å². The summed E-state index contributed by atoms with van der Waals surface area (Å²) in [6.45, 7) is 5.83. The highest BCUT2D eigenvalue weighted by molar-refractivity contribution is 7.93. The van der Waals surface area contributed by atoms with Gasteiger partial charge in [0.25, 0.3) is 10.0 Å². The van der Waals surface area contributed by atoms with Gasteiger partial charge < -0.3 is 9.15 Å². The molecule has 2 heterocycles.